The SMILES string of the molecule is Nc1nc(Cl)cc(NNC(=O)C(F)(F)F)n1. The molecule has 0 saturated carbocycles. The molecule has 0 aliphatic rings. The van der Waals surface area contributed by atoms with Crippen LogP contribution in [0.3, 0.4) is 0 Å². The zero-order valence-electron chi connectivity index (χ0n) is 7.47. The lowest BCUT2D eigenvalue weighted by Crippen LogP contribution is -2.40. The molecule has 88 valence electrons. The number of nitrogen functional groups attached to an aromatic ring is 1. The maximum atomic E-state index is 11.8. The van der Waals surface area contributed by atoms with Crippen molar-refractivity contribution in [2.45, 2.75) is 6.18 Å². The zero-order chi connectivity index (χ0) is 12.3. The number of nitrogens with one attached hydrogen (secondary N) is 2. The summed E-state index contributed by atoms with van der Waals surface area (Å²) in [6.07, 6.45) is -4.99. The fourth-order valence-corrected chi connectivity index (χ4v) is 0.881. The highest BCUT2D eigenvalue weighted by molar-refractivity contribution is 6.29. The molecular weight excluding hydrogens is 251 g/mol. The molecule has 0 spiro atoms. The van der Waals surface area contributed by atoms with Crippen LogP contribution in [0.2, 0.25) is 5.15 Å². The molecule has 1 aromatic heterocycles. The molecule has 0 bridgehead atoms. The second-order valence-corrected chi connectivity index (χ2v) is 2.90. The average Bonchev–Trinajstić information content (AvgIpc) is 2.11. The molecule has 4 N–H and O–H groups in total. The van der Waals surface area contributed by atoms with Crippen LogP contribution < -0.4 is 16.6 Å². The number of hydrogen-bond donors (Lipinski definition) is 3. The van der Waals surface area contributed by atoms with Crippen LogP contribution in [-0.4, -0.2) is 22.1 Å². The fraction of sp³-hybridized carbons (Fsp3) is 0.167. The number of nitrogens with zero attached hydrogens (tertiary/aromatic N) is 2. The van der Waals surface area contributed by atoms with Crippen molar-refractivity contribution in [1.29, 1.82) is 0 Å². The van der Waals surface area contributed by atoms with Crippen LogP contribution in [0.4, 0.5) is 24.9 Å². The average molecular weight is 256 g/mol. The lowest BCUT2D eigenvalue weighted by atomic mass is 10.6. The molecule has 0 atom stereocenters. The first-order valence-corrected chi connectivity index (χ1v) is 4.10. The smallest absolute Gasteiger partial charge is 0.368 e. The number of aromatic nitrogens is 2. The summed E-state index contributed by atoms with van der Waals surface area (Å²) in [6, 6.07) is 1.09. The van der Waals surface area contributed by atoms with Crippen molar-refractivity contribution >= 4 is 29.3 Å². The molecule has 0 aromatic carbocycles. The van der Waals surface area contributed by atoms with E-state index in [1.807, 2.05) is 5.43 Å². The van der Waals surface area contributed by atoms with Gasteiger partial charge in [0.1, 0.15) is 5.15 Å². The van der Waals surface area contributed by atoms with Crippen LogP contribution in [0.5, 0.6) is 0 Å². The van der Waals surface area contributed by atoms with E-state index in [9.17, 15) is 18.0 Å². The third kappa shape index (κ3) is 3.42. The molecular formula is C6H5ClF3N5O. The highest BCUT2D eigenvalue weighted by Crippen LogP contribution is 2.15. The lowest BCUT2D eigenvalue weighted by Gasteiger charge is -2.09. The van der Waals surface area contributed by atoms with Crippen molar-refractivity contribution in [2.24, 2.45) is 0 Å². The van der Waals surface area contributed by atoms with Crippen molar-refractivity contribution in [1.82, 2.24) is 15.4 Å². The van der Waals surface area contributed by atoms with Gasteiger partial charge in [0.2, 0.25) is 5.95 Å². The summed E-state index contributed by atoms with van der Waals surface area (Å²) in [5.74, 6) is -2.56. The number of halogens is 4. The summed E-state index contributed by atoms with van der Waals surface area (Å²) in [5, 5.41) is -0.0729. The molecule has 1 aromatic rings. The van der Waals surface area contributed by atoms with Crippen LogP contribution >= 0.6 is 11.6 Å². The first kappa shape index (κ1) is 12.3. The van der Waals surface area contributed by atoms with Crippen LogP contribution in [0.1, 0.15) is 0 Å². The summed E-state index contributed by atoms with van der Waals surface area (Å²) < 4.78 is 35.3. The molecule has 10 heteroatoms. The number of amides is 1. The van der Waals surface area contributed by atoms with Gasteiger partial charge in [-0.2, -0.15) is 18.2 Å². The predicted octanol–water partition coefficient (Wildman–Crippen LogP) is 0.718. The number of nitrogens with two attached hydrogens (primary N) is 1. The molecule has 0 aliphatic heterocycles. The molecule has 0 radical (unpaired) electrons. The molecule has 1 heterocycles. The van der Waals surface area contributed by atoms with Gasteiger partial charge in [0.15, 0.2) is 5.82 Å². The highest BCUT2D eigenvalue weighted by Gasteiger charge is 2.38. The standard InChI is InChI=1S/C6H5ClF3N5O/c7-2-1-3(13-5(11)12-2)14-15-4(16)6(8,9)10/h1H,(H,15,16)(H3,11,12,13,14). The Morgan fingerprint density at radius 3 is 2.56 bits per heavy atom. The Morgan fingerprint density at radius 1 is 1.44 bits per heavy atom. The van der Waals surface area contributed by atoms with Gasteiger partial charge in [0.25, 0.3) is 0 Å². The Labute approximate surface area is 92.0 Å². The Kier molecular flexibility index (Phi) is 3.38. The van der Waals surface area contributed by atoms with Gasteiger partial charge < -0.3 is 5.73 Å². The van der Waals surface area contributed by atoms with Crippen LogP contribution in [0.15, 0.2) is 6.07 Å². The van der Waals surface area contributed by atoms with Gasteiger partial charge >= 0.3 is 12.1 Å². The van der Waals surface area contributed by atoms with Gasteiger partial charge in [-0.15, -0.1) is 0 Å². The number of carbonyl (C=O) groups excluding carboxylic acids is 1. The quantitative estimate of drug-likeness (QED) is 0.535. The molecule has 1 rings (SSSR count). The third-order valence-electron chi connectivity index (χ3n) is 1.27. The lowest BCUT2D eigenvalue weighted by molar-refractivity contribution is -0.173. The van der Waals surface area contributed by atoms with E-state index < -0.39 is 12.1 Å². The van der Waals surface area contributed by atoms with Gasteiger partial charge in [-0.3, -0.25) is 15.6 Å². The minimum atomic E-state index is -4.99. The van der Waals surface area contributed by atoms with Gasteiger partial charge in [-0.05, 0) is 0 Å². The Hall–Kier alpha value is -1.77. The zero-order valence-corrected chi connectivity index (χ0v) is 8.23. The normalized spacial score (nSPS) is 11.0. The summed E-state index contributed by atoms with van der Waals surface area (Å²) in [7, 11) is 0. The number of hydrazine groups is 1. The summed E-state index contributed by atoms with van der Waals surface area (Å²) in [4.78, 5) is 17.3. The van der Waals surface area contributed by atoms with Gasteiger partial charge in [-0.25, -0.2) is 4.98 Å². The van der Waals surface area contributed by atoms with E-state index in [1.54, 1.807) is 0 Å². The van der Waals surface area contributed by atoms with Crippen molar-refractivity contribution in [3.8, 4) is 0 Å². The van der Waals surface area contributed by atoms with Crippen molar-refractivity contribution < 1.29 is 18.0 Å². The van der Waals surface area contributed by atoms with E-state index in [0.717, 1.165) is 6.07 Å². The summed E-state index contributed by atoms with van der Waals surface area (Å²) >= 11 is 5.45. The van der Waals surface area contributed by atoms with Crippen LogP contribution in [-0.2, 0) is 4.79 Å². The van der Waals surface area contributed by atoms with Crippen molar-refractivity contribution in [2.75, 3.05) is 11.2 Å². The fourth-order valence-electron chi connectivity index (χ4n) is 0.691. The molecule has 0 aliphatic carbocycles. The molecule has 0 fully saturated rings. The van der Waals surface area contributed by atoms with Crippen molar-refractivity contribution in [3.05, 3.63) is 11.2 Å². The Bertz CT molecular complexity index is 389. The number of alkyl halides is 3. The Balaban J connectivity index is 2.65. The highest BCUT2D eigenvalue weighted by atomic mass is 35.5. The first-order valence-electron chi connectivity index (χ1n) is 3.72. The van der Waals surface area contributed by atoms with E-state index in [4.69, 9.17) is 17.3 Å². The summed E-state index contributed by atoms with van der Waals surface area (Å²) in [5.41, 5.74) is 8.44. The Morgan fingerprint density at radius 2 is 2.06 bits per heavy atom. The number of hydrogen-bond acceptors (Lipinski definition) is 5. The second kappa shape index (κ2) is 4.39. The molecule has 1 amide bonds. The number of anilines is 2. The van der Waals surface area contributed by atoms with E-state index in [1.165, 1.54) is 5.43 Å². The minimum absolute atomic E-state index is 0.0729. The van der Waals surface area contributed by atoms with Crippen molar-refractivity contribution in [3.63, 3.8) is 0 Å². The topological polar surface area (TPSA) is 92.9 Å². The van der Waals surface area contributed by atoms with Crippen LogP contribution in [0.25, 0.3) is 0 Å². The number of rotatable bonds is 2. The minimum Gasteiger partial charge on any atom is -0.368 e. The van der Waals surface area contributed by atoms with E-state index in [-0.39, 0.29) is 16.9 Å². The van der Waals surface area contributed by atoms with Gasteiger partial charge in [0, 0.05) is 6.07 Å². The van der Waals surface area contributed by atoms with Gasteiger partial charge in [-0.1, -0.05) is 11.6 Å². The van der Waals surface area contributed by atoms with Gasteiger partial charge in [0.05, 0.1) is 0 Å². The predicted molar refractivity (Wildman–Crippen MR) is 49.3 cm³/mol. The molecule has 6 nitrogen and oxygen atoms in total. The summed E-state index contributed by atoms with van der Waals surface area (Å²) in [6.45, 7) is 0. The first-order chi connectivity index (χ1) is 7.29. The second-order valence-electron chi connectivity index (χ2n) is 2.51. The largest absolute Gasteiger partial charge is 0.472 e. The van der Waals surface area contributed by atoms with E-state index in [0.29, 0.717) is 0 Å². The van der Waals surface area contributed by atoms with E-state index in [2.05, 4.69) is 9.97 Å². The maximum absolute atomic E-state index is 11.8. The molecule has 0 unspecified atom stereocenters. The number of carbonyl (C=O) groups is 1. The monoisotopic (exact) mass is 255 g/mol. The molecule has 16 heavy (non-hydrogen) atoms. The third-order valence-corrected chi connectivity index (χ3v) is 1.47. The van der Waals surface area contributed by atoms with Crippen LogP contribution in [0, 0.1) is 0 Å². The molecule has 0 saturated heterocycles. The van der Waals surface area contributed by atoms with E-state index >= 15 is 0 Å². The maximum Gasteiger partial charge on any atom is 0.472 e.